The van der Waals surface area contributed by atoms with Crippen LogP contribution in [-0.4, -0.2) is 54.3 Å². The SMILES string of the molecule is CC(=O)Nc1ccc(CCN2CCN(C(=O)C(C)C3CC3)CC2)cc1. The summed E-state index contributed by atoms with van der Waals surface area (Å²) in [5.41, 5.74) is 2.11. The first-order valence-corrected chi connectivity index (χ1v) is 9.40. The van der Waals surface area contributed by atoms with Gasteiger partial charge in [0.2, 0.25) is 11.8 Å². The third-order valence-corrected chi connectivity index (χ3v) is 5.39. The van der Waals surface area contributed by atoms with Crippen molar-refractivity contribution in [2.45, 2.75) is 33.1 Å². The Kier molecular flexibility index (Phi) is 5.74. The Balaban J connectivity index is 1.40. The summed E-state index contributed by atoms with van der Waals surface area (Å²) in [5.74, 6) is 1.17. The van der Waals surface area contributed by atoms with Gasteiger partial charge >= 0.3 is 0 Å². The van der Waals surface area contributed by atoms with E-state index in [0.717, 1.165) is 44.8 Å². The number of anilines is 1. The Bertz CT molecular complexity index is 602. The van der Waals surface area contributed by atoms with Gasteiger partial charge in [-0.25, -0.2) is 0 Å². The first-order chi connectivity index (χ1) is 12.0. The van der Waals surface area contributed by atoms with Crippen molar-refractivity contribution in [3.05, 3.63) is 29.8 Å². The van der Waals surface area contributed by atoms with E-state index >= 15 is 0 Å². The van der Waals surface area contributed by atoms with Crippen LogP contribution in [0.25, 0.3) is 0 Å². The van der Waals surface area contributed by atoms with Crippen molar-refractivity contribution in [2.75, 3.05) is 38.0 Å². The predicted octanol–water partition coefficient (Wildman–Crippen LogP) is 2.38. The molecule has 5 nitrogen and oxygen atoms in total. The summed E-state index contributed by atoms with van der Waals surface area (Å²) in [6.45, 7) is 8.27. The fourth-order valence-electron chi connectivity index (χ4n) is 3.52. The van der Waals surface area contributed by atoms with Crippen LogP contribution in [0.5, 0.6) is 0 Å². The van der Waals surface area contributed by atoms with Gasteiger partial charge in [0.15, 0.2) is 0 Å². The van der Waals surface area contributed by atoms with Crippen molar-refractivity contribution in [3.63, 3.8) is 0 Å². The number of nitrogens with one attached hydrogen (secondary N) is 1. The van der Waals surface area contributed by atoms with E-state index in [0.29, 0.717) is 11.8 Å². The molecule has 1 N–H and O–H groups in total. The molecule has 0 radical (unpaired) electrons. The maximum absolute atomic E-state index is 12.5. The number of nitrogens with zero attached hydrogens (tertiary/aromatic N) is 2. The summed E-state index contributed by atoms with van der Waals surface area (Å²) in [7, 11) is 0. The van der Waals surface area contributed by atoms with Crippen LogP contribution in [0.3, 0.4) is 0 Å². The van der Waals surface area contributed by atoms with E-state index in [1.165, 1.54) is 25.3 Å². The Morgan fingerprint density at radius 2 is 1.76 bits per heavy atom. The molecule has 5 heteroatoms. The van der Waals surface area contributed by atoms with Crippen molar-refractivity contribution in [1.29, 1.82) is 0 Å². The number of hydrogen-bond donors (Lipinski definition) is 1. The maximum atomic E-state index is 12.5. The molecule has 1 unspecified atom stereocenters. The summed E-state index contributed by atoms with van der Waals surface area (Å²) in [4.78, 5) is 28.0. The third kappa shape index (κ3) is 5.05. The molecule has 1 aromatic carbocycles. The summed E-state index contributed by atoms with van der Waals surface area (Å²) < 4.78 is 0. The van der Waals surface area contributed by atoms with E-state index in [-0.39, 0.29) is 11.8 Å². The Hall–Kier alpha value is -1.88. The maximum Gasteiger partial charge on any atom is 0.225 e. The molecular formula is C20H29N3O2. The van der Waals surface area contributed by atoms with E-state index in [4.69, 9.17) is 0 Å². The average Bonchev–Trinajstić information content (AvgIpc) is 3.45. The Morgan fingerprint density at radius 3 is 2.32 bits per heavy atom. The molecule has 1 saturated heterocycles. The lowest BCUT2D eigenvalue weighted by molar-refractivity contribution is -0.137. The zero-order chi connectivity index (χ0) is 17.8. The normalized spacial score (nSPS) is 19.5. The lowest BCUT2D eigenvalue weighted by Crippen LogP contribution is -2.50. The predicted molar refractivity (Wildman–Crippen MR) is 99.4 cm³/mol. The van der Waals surface area contributed by atoms with Gasteiger partial charge in [-0.1, -0.05) is 19.1 Å². The van der Waals surface area contributed by atoms with E-state index in [2.05, 4.69) is 34.2 Å². The molecular weight excluding hydrogens is 314 g/mol. The van der Waals surface area contributed by atoms with Crippen molar-refractivity contribution >= 4 is 17.5 Å². The van der Waals surface area contributed by atoms with E-state index in [1.54, 1.807) is 0 Å². The van der Waals surface area contributed by atoms with Gasteiger partial charge in [0.05, 0.1) is 0 Å². The van der Waals surface area contributed by atoms with Crippen molar-refractivity contribution in [1.82, 2.24) is 9.80 Å². The number of carbonyl (C=O) groups excluding carboxylic acids is 2. The molecule has 3 rings (SSSR count). The molecule has 2 aliphatic rings. The van der Waals surface area contributed by atoms with E-state index in [9.17, 15) is 9.59 Å². The fraction of sp³-hybridized carbons (Fsp3) is 0.600. The number of hydrogen-bond acceptors (Lipinski definition) is 3. The standard InChI is InChI=1S/C20H29N3O2/c1-15(18-5-6-18)20(25)23-13-11-22(12-14-23)10-9-17-3-7-19(8-4-17)21-16(2)24/h3-4,7-8,15,18H,5-6,9-14H2,1-2H3,(H,21,24). The zero-order valence-electron chi connectivity index (χ0n) is 15.3. The number of piperazine rings is 1. The Labute approximate surface area is 150 Å². The van der Waals surface area contributed by atoms with Crippen molar-refractivity contribution < 1.29 is 9.59 Å². The summed E-state index contributed by atoms with van der Waals surface area (Å²) in [6.07, 6.45) is 3.45. The monoisotopic (exact) mass is 343 g/mol. The fourth-order valence-corrected chi connectivity index (χ4v) is 3.52. The molecule has 1 aliphatic carbocycles. The van der Waals surface area contributed by atoms with Crippen molar-refractivity contribution in [2.24, 2.45) is 11.8 Å². The highest BCUT2D eigenvalue weighted by atomic mass is 16.2. The quantitative estimate of drug-likeness (QED) is 0.863. The highest BCUT2D eigenvalue weighted by Gasteiger charge is 2.35. The number of carbonyl (C=O) groups is 2. The minimum atomic E-state index is -0.0452. The van der Waals surface area contributed by atoms with Gasteiger partial charge in [0.25, 0.3) is 0 Å². The first-order valence-electron chi connectivity index (χ1n) is 9.40. The van der Waals surface area contributed by atoms with Crippen LogP contribution in [-0.2, 0) is 16.0 Å². The van der Waals surface area contributed by atoms with Gasteiger partial charge in [-0.15, -0.1) is 0 Å². The molecule has 2 fully saturated rings. The smallest absolute Gasteiger partial charge is 0.225 e. The van der Waals surface area contributed by atoms with Crippen molar-refractivity contribution in [3.8, 4) is 0 Å². The van der Waals surface area contributed by atoms with Gasteiger partial charge in [0.1, 0.15) is 0 Å². The van der Waals surface area contributed by atoms with E-state index < -0.39 is 0 Å². The molecule has 0 aromatic heterocycles. The minimum absolute atomic E-state index is 0.0452. The zero-order valence-corrected chi connectivity index (χ0v) is 15.3. The van der Waals surface area contributed by atoms with Gasteiger partial charge in [0, 0.05) is 51.3 Å². The topological polar surface area (TPSA) is 52.7 Å². The van der Waals surface area contributed by atoms with Gasteiger partial charge in [-0.3, -0.25) is 14.5 Å². The number of benzene rings is 1. The lowest BCUT2D eigenvalue weighted by atomic mass is 10.0. The minimum Gasteiger partial charge on any atom is -0.340 e. The first kappa shape index (κ1) is 17.9. The summed E-state index contributed by atoms with van der Waals surface area (Å²) >= 11 is 0. The highest BCUT2D eigenvalue weighted by Crippen LogP contribution is 2.37. The van der Waals surface area contributed by atoms with Crippen LogP contribution in [0.15, 0.2) is 24.3 Å². The summed E-state index contributed by atoms with van der Waals surface area (Å²) in [6, 6.07) is 8.05. The van der Waals surface area contributed by atoms with Crippen LogP contribution in [0.1, 0.15) is 32.3 Å². The number of amides is 2. The molecule has 1 heterocycles. The van der Waals surface area contributed by atoms with Crippen LogP contribution in [0.2, 0.25) is 0 Å². The second-order valence-corrected chi connectivity index (χ2v) is 7.42. The molecule has 0 spiro atoms. The average molecular weight is 343 g/mol. The highest BCUT2D eigenvalue weighted by molar-refractivity contribution is 5.88. The molecule has 1 atom stereocenters. The molecule has 136 valence electrons. The molecule has 2 amide bonds. The van der Waals surface area contributed by atoms with Crippen LogP contribution in [0.4, 0.5) is 5.69 Å². The van der Waals surface area contributed by atoms with Crippen LogP contribution >= 0.6 is 0 Å². The van der Waals surface area contributed by atoms with Gasteiger partial charge < -0.3 is 10.2 Å². The molecule has 1 aliphatic heterocycles. The lowest BCUT2D eigenvalue weighted by Gasteiger charge is -2.36. The van der Waals surface area contributed by atoms with Gasteiger partial charge in [-0.2, -0.15) is 0 Å². The molecule has 1 aromatic rings. The molecule has 25 heavy (non-hydrogen) atoms. The van der Waals surface area contributed by atoms with Crippen LogP contribution < -0.4 is 5.32 Å². The summed E-state index contributed by atoms with van der Waals surface area (Å²) in [5, 5.41) is 2.79. The molecule has 1 saturated carbocycles. The van der Waals surface area contributed by atoms with Gasteiger partial charge in [-0.05, 0) is 42.9 Å². The third-order valence-electron chi connectivity index (χ3n) is 5.39. The van der Waals surface area contributed by atoms with Crippen LogP contribution in [0, 0.1) is 11.8 Å². The second-order valence-electron chi connectivity index (χ2n) is 7.42. The number of rotatable bonds is 6. The Morgan fingerprint density at radius 1 is 1.12 bits per heavy atom. The largest absolute Gasteiger partial charge is 0.340 e. The second kappa shape index (κ2) is 8.00. The molecule has 0 bridgehead atoms. The van der Waals surface area contributed by atoms with E-state index in [1.807, 2.05) is 12.1 Å².